The highest BCUT2D eigenvalue weighted by Crippen LogP contribution is 2.35. The quantitative estimate of drug-likeness (QED) is 0.790. The molecule has 1 aliphatic heterocycles. The molecule has 1 fully saturated rings. The normalized spacial score (nSPS) is 16.6. The number of phenols is 1. The number of aromatic hydroxyl groups is 1. The highest BCUT2D eigenvalue weighted by atomic mass is 19.3. The van der Waals surface area contributed by atoms with Gasteiger partial charge in [0.1, 0.15) is 18.1 Å². The highest BCUT2D eigenvalue weighted by molar-refractivity contribution is 5.41. The minimum atomic E-state index is -2.43. The van der Waals surface area contributed by atoms with E-state index in [-0.39, 0.29) is 12.2 Å². The molecule has 3 rings (SSSR count). The molecule has 1 heterocycles. The smallest absolute Gasteiger partial charge is 0.240 e. The molecular formula is C20H24F2N2O2. The maximum atomic E-state index is 13.1. The van der Waals surface area contributed by atoms with Crippen LogP contribution in [0.1, 0.15) is 23.6 Å². The highest BCUT2D eigenvalue weighted by Gasteiger charge is 2.27. The fourth-order valence-corrected chi connectivity index (χ4v) is 3.27. The summed E-state index contributed by atoms with van der Waals surface area (Å²) >= 11 is 0. The van der Waals surface area contributed by atoms with Crippen LogP contribution in [-0.4, -0.2) is 42.6 Å². The lowest BCUT2D eigenvalue weighted by Crippen LogP contribution is -2.45. The SMILES string of the molecule is Oc1cc(OCc2ccccc2)ccc1[C@@H](CC(F)F)N1CCNCC1. The molecule has 2 N–H and O–H groups in total. The third kappa shape index (κ3) is 4.93. The second-order valence-electron chi connectivity index (χ2n) is 6.42. The monoisotopic (exact) mass is 362 g/mol. The van der Waals surface area contributed by atoms with Gasteiger partial charge in [-0.25, -0.2) is 8.78 Å². The lowest BCUT2D eigenvalue weighted by atomic mass is 10.00. The summed E-state index contributed by atoms with van der Waals surface area (Å²) in [5.41, 5.74) is 1.55. The van der Waals surface area contributed by atoms with Gasteiger partial charge in [-0.05, 0) is 11.6 Å². The van der Waals surface area contributed by atoms with Crippen molar-refractivity contribution in [2.45, 2.75) is 25.5 Å². The molecule has 0 radical (unpaired) electrons. The van der Waals surface area contributed by atoms with Gasteiger partial charge in [-0.2, -0.15) is 0 Å². The Morgan fingerprint density at radius 2 is 1.81 bits per heavy atom. The van der Waals surface area contributed by atoms with E-state index in [9.17, 15) is 13.9 Å². The van der Waals surface area contributed by atoms with Gasteiger partial charge in [-0.1, -0.05) is 36.4 Å². The van der Waals surface area contributed by atoms with Crippen molar-refractivity contribution in [3.63, 3.8) is 0 Å². The van der Waals surface area contributed by atoms with Crippen LogP contribution in [-0.2, 0) is 6.61 Å². The van der Waals surface area contributed by atoms with Crippen molar-refractivity contribution < 1.29 is 18.6 Å². The number of nitrogens with one attached hydrogen (secondary N) is 1. The lowest BCUT2D eigenvalue weighted by molar-refractivity contribution is 0.0729. The van der Waals surface area contributed by atoms with E-state index in [1.807, 2.05) is 35.2 Å². The van der Waals surface area contributed by atoms with Crippen LogP contribution in [0.4, 0.5) is 8.78 Å². The Bertz CT molecular complexity index is 691. The zero-order valence-electron chi connectivity index (χ0n) is 14.6. The second-order valence-corrected chi connectivity index (χ2v) is 6.42. The zero-order chi connectivity index (χ0) is 18.4. The molecule has 0 unspecified atom stereocenters. The number of halogens is 2. The van der Waals surface area contributed by atoms with E-state index >= 15 is 0 Å². The molecular weight excluding hydrogens is 338 g/mol. The number of rotatable bonds is 7. The number of ether oxygens (including phenoxy) is 1. The number of hydrogen-bond acceptors (Lipinski definition) is 4. The molecule has 1 saturated heterocycles. The maximum absolute atomic E-state index is 13.1. The number of piperazine rings is 1. The van der Waals surface area contributed by atoms with Gasteiger partial charge in [0, 0.05) is 50.3 Å². The summed E-state index contributed by atoms with van der Waals surface area (Å²) < 4.78 is 31.9. The summed E-state index contributed by atoms with van der Waals surface area (Å²) in [7, 11) is 0. The van der Waals surface area contributed by atoms with Gasteiger partial charge in [-0.3, -0.25) is 4.90 Å². The molecule has 0 spiro atoms. The molecule has 6 heteroatoms. The number of nitrogens with zero attached hydrogens (tertiary/aromatic N) is 1. The lowest BCUT2D eigenvalue weighted by Gasteiger charge is -2.35. The molecule has 2 aromatic rings. The molecule has 0 aliphatic carbocycles. The molecule has 26 heavy (non-hydrogen) atoms. The van der Waals surface area contributed by atoms with Crippen molar-refractivity contribution in [3.8, 4) is 11.5 Å². The predicted octanol–water partition coefficient (Wildman–Crippen LogP) is 3.57. The third-order valence-corrected chi connectivity index (χ3v) is 4.60. The van der Waals surface area contributed by atoms with E-state index < -0.39 is 12.5 Å². The van der Waals surface area contributed by atoms with Gasteiger partial charge in [0.25, 0.3) is 0 Å². The van der Waals surface area contributed by atoms with Gasteiger partial charge < -0.3 is 15.2 Å². The van der Waals surface area contributed by atoms with Gasteiger partial charge in [0.05, 0.1) is 0 Å². The Morgan fingerprint density at radius 1 is 1.08 bits per heavy atom. The molecule has 1 atom stereocenters. The van der Waals surface area contributed by atoms with Gasteiger partial charge in [0.2, 0.25) is 6.43 Å². The van der Waals surface area contributed by atoms with Crippen LogP contribution in [0.3, 0.4) is 0 Å². The summed E-state index contributed by atoms with van der Waals surface area (Å²) in [6.45, 7) is 3.28. The maximum Gasteiger partial charge on any atom is 0.240 e. The van der Waals surface area contributed by atoms with Gasteiger partial charge in [-0.15, -0.1) is 0 Å². The van der Waals surface area contributed by atoms with Crippen LogP contribution < -0.4 is 10.1 Å². The fraction of sp³-hybridized carbons (Fsp3) is 0.400. The first-order valence-electron chi connectivity index (χ1n) is 8.86. The van der Waals surface area contributed by atoms with Crippen molar-refractivity contribution >= 4 is 0 Å². The summed E-state index contributed by atoms with van der Waals surface area (Å²) in [4.78, 5) is 2.00. The Labute approximate surface area is 152 Å². The topological polar surface area (TPSA) is 44.7 Å². The molecule has 0 saturated carbocycles. The Morgan fingerprint density at radius 3 is 2.46 bits per heavy atom. The van der Waals surface area contributed by atoms with Gasteiger partial charge >= 0.3 is 0 Å². The summed E-state index contributed by atoms with van der Waals surface area (Å²) in [6, 6.07) is 14.2. The molecule has 0 aromatic heterocycles. The van der Waals surface area contributed by atoms with Crippen molar-refractivity contribution in [1.82, 2.24) is 10.2 Å². The van der Waals surface area contributed by atoms with Crippen LogP contribution in [0.15, 0.2) is 48.5 Å². The molecule has 0 amide bonds. The van der Waals surface area contributed by atoms with Crippen molar-refractivity contribution in [2.75, 3.05) is 26.2 Å². The van der Waals surface area contributed by atoms with Crippen LogP contribution in [0.2, 0.25) is 0 Å². The van der Waals surface area contributed by atoms with E-state index in [4.69, 9.17) is 4.74 Å². The van der Waals surface area contributed by atoms with E-state index in [1.165, 1.54) is 6.07 Å². The fourth-order valence-electron chi connectivity index (χ4n) is 3.27. The number of benzene rings is 2. The van der Waals surface area contributed by atoms with Crippen molar-refractivity contribution in [3.05, 3.63) is 59.7 Å². The van der Waals surface area contributed by atoms with Crippen LogP contribution >= 0.6 is 0 Å². The average molecular weight is 362 g/mol. The minimum Gasteiger partial charge on any atom is -0.507 e. The van der Waals surface area contributed by atoms with E-state index in [0.29, 0.717) is 31.0 Å². The second kappa shape index (κ2) is 8.96. The summed E-state index contributed by atoms with van der Waals surface area (Å²) in [5, 5.41) is 13.7. The molecule has 0 bridgehead atoms. The molecule has 2 aromatic carbocycles. The zero-order valence-corrected chi connectivity index (χ0v) is 14.6. The first-order valence-corrected chi connectivity index (χ1v) is 8.86. The van der Waals surface area contributed by atoms with Crippen molar-refractivity contribution in [2.24, 2.45) is 0 Å². The Hall–Kier alpha value is -2.18. The first kappa shape index (κ1) is 18.6. The van der Waals surface area contributed by atoms with E-state index in [0.717, 1.165) is 18.7 Å². The number of hydrogen-bond donors (Lipinski definition) is 2. The first-order chi connectivity index (χ1) is 12.6. The van der Waals surface area contributed by atoms with E-state index in [1.54, 1.807) is 12.1 Å². The van der Waals surface area contributed by atoms with Gasteiger partial charge in [0.15, 0.2) is 0 Å². The molecule has 140 valence electrons. The Kier molecular flexibility index (Phi) is 6.41. The number of phenolic OH excluding ortho intramolecular Hbond substituents is 1. The minimum absolute atomic E-state index is 0.000237. The predicted molar refractivity (Wildman–Crippen MR) is 96.7 cm³/mol. The van der Waals surface area contributed by atoms with Crippen LogP contribution in [0, 0.1) is 0 Å². The summed E-state index contributed by atoms with van der Waals surface area (Å²) in [5.74, 6) is 0.519. The third-order valence-electron chi connectivity index (χ3n) is 4.60. The van der Waals surface area contributed by atoms with E-state index in [2.05, 4.69) is 5.32 Å². The Balaban J connectivity index is 1.73. The molecule has 4 nitrogen and oxygen atoms in total. The summed E-state index contributed by atoms with van der Waals surface area (Å²) in [6.07, 6.45) is -2.72. The average Bonchev–Trinajstić information content (AvgIpc) is 2.66. The number of alkyl halides is 2. The molecule has 1 aliphatic rings. The largest absolute Gasteiger partial charge is 0.507 e. The van der Waals surface area contributed by atoms with Crippen LogP contribution in [0.25, 0.3) is 0 Å². The van der Waals surface area contributed by atoms with Crippen LogP contribution in [0.5, 0.6) is 11.5 Å². The van der Waals surface area contributed by atoms with Crippen molar-refractivity contribution in [1.29, 1.82) is 0 Å². The standard InChI is InChI=1S/C20H24F2N2O2/c21-20(22)13-18(24-10-8-23-9-11-24)17-7-6-16(12-19(17)25)26-14-15-4-2-1-3-5-15/h1-7,12,18,20,23,25H,8-11,13-14H2/t18-/m1/s1.